The molecule has 0 aliphatic heterocycles. The van der Waals surface area contributed by atoms with E-state index in [9.17, 15) is 9.90 Å². The average molecular weight is 537 g/mol. The Balaban J connectivity index is 0.000000177. The smallest absolute Gasteiger partial charge is 0.339 e. The number of aromatic carboxylic acids is 1. The van der Waals surface area contributed by atoms with E-state index >= 15 is 0 Å². The van der Waals surface area contributed by atoms with Crippen molar-refractivity contribution in [2.45, 2.75) is 63.7 Å². The van der Waals surface area contributed by atoms with Gasteiger partial charge in [0.2, 0.25) is 0 Å². The maximum atomic E-state index is 11.5. The van der Waals surface area contributed by atoms with Gasteiger partial charge >= 0.3 is 5.97 Å². The monoisotopic (exact) mass is 536 g/mol. The van der Waals surface area contributed by atoms with Gasteiger partial charge in [-0.2, -0.15) is 0 Å². The summed E-state index contributed by atoms with van der Waals surface area (Å²) >= 11 is 6.32. The first-order chi connectivity index (χ1) is 18.3. The number of benzene rings is 1. The van der Waals surface area contributed by atoms with Crippen molar-refractivity contribution in [2.24, 2.45) is 11.1 Å². The zero-order valence-corrected chi connectivity index (χ0v) is 23.0. The average Bonchev–Trinajstić information content (AvgIpc) is 3.35. The fourth-order valence-electron chi connectivity index (χ4n) is 6.48. The Morgan fingerprint density at radius 3 is 2.55 bits per heavy atom. The summed E-state index contributed by atoms with van der Waals surface area (Å²) in [5.74, 6) is -0.211. The molecular weight excluding hydrogens is 500 g/mol. The molecule has 1 aromatic carbocycles. The van der Waals surface area contributed by atoms with Gasteiger partial charge in [-0.05, 0) is 88.5 Å². The zero-order chi connectivity index (χ0) is 26.9. The number of rotatable bonds is 8. The van der Waals surface area contributed by atoms with E-state index in [1.54, 1.807) is 41.7 Å². The number of carbonyl (C=O) groups is 1. The van der Waals surface area contributed by atoms with Gasteiger partial charge < -0.3 is 25.5 Å². The second kappa shape index (κ2) is 10.6. The predicted octanol–water partition coefficient (Wildman–Crippen LogP) is 6.88. The van der Waals surface area contributed by atoms with Crippen LogP contribution in [0.5, 0.6) is 11.5 Å². The summed E-state index contributed by atoms with van der Waals surface area (Å²) in [6.07, 6.45) is 12.4. The number of aromatic nitrogens is 2. The molecule has 2 bridgehead atoms. The molecule has 0 atom stereocenters. The molecule has 0 saturated heterocycles. The number of halogens is 1. The van der Waals surface area contributed by atoms with Crippen LogP contribution in [0, 0.1) is 5.41 Å². The molecule has 3 saturated carbocycles. The normalized spacial score (nSPS) is 23.7. The molecule has 7 nitrogen and oxygen atoms in total. The molecule has 7 rings (SSSR count). The first kappa shape index (κ1) is 26.6. The third-order valence-corrected chi connectivity index (χ3v) is 8.76. The molecule has 4 aliphatic rings. The van der Waals surface area contributed by atoms with Crippen molar-refractivity contribution < 1.29 is 14.6 Å². The van der Waals surface area contributed by atoms with Crippen molar-refractivity contribution in [3.05, 3.63) is 59.4 Å². The number of hydrogen-bond acceptors (Lipinski definition) is 5. The molecule has 3 aromatic rings. The van der Waals surface area contributed by atoms with Gasteiger partial charge in [0.25, 0.3) is 0 Å². The number of nitrogens with one attached hydrogen (secondary N) is 1. The molecule has 0 amide bonds. The Morgan fingerprint density at radius 1 is 1.16 bits per heavy atom. The standard InChI is InChI=1S/C18H19N3O3.C12H18ClN/c1-3-21(4-2)13-5-6-15(18(22)23)16(10-13)24-14-9-12-7-8-19-17(12)20-11-14;13-12-6-11(7-12,8-12)10-4-2-1-3-9(10)5-14/h5-11H,3-4H2,1-2H3,(H,19,20)(H,22,23);1-8,14H2. The predicted molar refractivity (Wildman–Crippen MR) is 153 cm³/mol. The Hall–Kier alpha value is -3.03. The number of hydrogen-bond donors (Lipinski definition) is 3. The number of anilines is 1. The highest BCUT2D eigenvalue weighted by molar-refractivity contribution is 6.26. The van der Waals surface area contributed by atoms with E-state index in [1.165, 1.54) is 44.9 Å². The van der Waals surface area contributed by atoms with Gasteiger partial charge in [0.1, 0.15) is 22.7 Å². The van der Waals surface area contributed by atoms with E-state index in [-0.39, 0.29) is 10.4 Å². The van der Waals surface area contributed by atoms with Gasteiger partial charge in [-0.1, -0.05) is 11.1 Å². The molecular formula is C30H37ClN4O3. The number of H-pyrrole nitrogens is 1. The maximum Gasteiger partial charge on any atom is 0.339 e. The van der Waals surface area contributed by atoms with Gasteiger partial charge in [-0.3, -0.25) is 0 Å². The summed E-state index contributed by atoms with van der Waals surface area (Å²) in [5.41, 5.74) is 11.5. The summed E-state index contributed by atoms with van der Waals surface area (Å²) in [7, 11) is 0. The molecule has 4 N–H and O–H groups in total. The molecule has 2 heterocycles. The molecule has 8 heteroatoms. The van der Waals surface area contributed by atoms with Crippen molar-refractivity contribution in [3.8, 4) is 11.5 Å². The summed E-state index contributed by atoms with van der Waals surface area (Å²) < 4.78 is 5.84. The van der Waals surface area contributed by atoms with Gasteiger partial charge in [0, 0.05) is 47.8 Å². The second-order valence-electron chi connectivity index (χ2n) is 10.8. The number of alkyl halides is 1. The van der Waals surface area contributed by atoms with Gasteiger partial charge in [0.05, 0.1) is 6.20 Å². The number of carboxylic acid groups (broad SMARTS) is 1. The van der Waals surface area contributed by atoms with E-state index in [4.69, 9.17) is 22.1 Å². The highest BCUT2D eigenvalue weighted by Crippen LogP contribution is 2.75. The van der Waals surface area contributed by atoms with Crippen LogP contribution in [0.15, 0.2) is 53.9 Å². The van der Waals surface area contributed by atoms with Crippen LogP contribution in [-0.4, -0.2) is 45.6 Å². The summed E-state index contributed by atoms with van der Waals surface area (Å²) in [6, 6.07) is 8.86. The Kier molecular flexibility index (Phi) is 7.43. The molecule has 0 spiro atoms. The molecule has 38 heavy (non-hydrogen) atoms. The molecule has 2 aromatic heterocycles. The maximum absolute atomic E-state index is 11.5. The van der Waals surface area contributed by atoms with E-state index < -0.39 is 5.97 Å². The fourth-order valence-corrected chi connectivity index (χ4v) is 7.24. The molecule has 4 aliphatic carbocycles. The van der Waals surface area contributed by atoms with Gasteiger partial charge in [-0.15, -0.1) is 11.6 Å². The summed E-state index contributed by atoms with van der Waals surface area (Å²) in [4.78, 5) is 21.1. The topological polar surface area (TPSA) is 104 Å². The fraction of sp³-hybridized carbons (Fsp3) is 0.467. The summed E-state index contributed by atoms with van der Waals surface area (Å²) in [5, 5.41) is 10.3. The lowest BCUT2D eigenvalue weighted by molar-refractivity contribution is -0.0488. The van der Waals surface area contributed by atoms with Gasteiger partial charge in [-0.25, -0.2) is 9.78 Å². The van der Waals surface area contributed by atoms with E-state index in [1.807, 2.05) is 12.1 Å². The van der Waals surface area contributed by atoms with Crippen LogP contribution in [0.25, 0.3) is 11.0 Å². The molecule has 3 fully saturated rings. The van der Waals surface area contributed by atoms with Crippen LogP contribution in [0.2, 0.25) is 0 Å². The van der Waals surface area contributed by atoms with E-state index in [0.717, 1.165) is 36.4 Å². The van der Waals surface area contributed by atoms with Crippen molar-refractivity contribution >= 4 is 34.3 Å². The number of aromatic amines is 1. The van der Waals surface area contributed by atoms with Crippen molar-refractivity contribution in [1.82, 2.24) is 9.97 Å². The minimum Gasteiger partial charge on any atom is -0.478 e. The second-order valence-corrected chi connectivity index (χ2v) is 11.6. The third kappa shape index (κ3) is 5.02. The van der Waals surface area contributed by atoms with Crippen LogP contribution in [0.1, 0.15) is 69.2 Å². The van der Waals surface area contributed by atoms with Crippen LogP contribution in [0.4, 0.5) is 5.69 Å². The highest BCUT2D eigenvalue weighted by atomic mass is 35.5. The largest absolute Gasteiger partial charge is 0.478 e. The zero-order valence-electron chi connectivity index (χ0n) is 22.2. The molecule has 202 valence electrons. The molecule has 0 radical (unpaired) electrons. The van der Waals surface area contributed by atoms with Gasteiger partial charge in [0.15, 0.2) is 0 Å². The number of carboxylic acids is 1. The number of allylic oxidation sites excluding steroid dienone is 1. The van der Waals surface area contributed by atoms with Crippen LogP contribution >= 0.6 is 11.6 Å². The Labute approximate surface area is 229 Å². The Morgan fingerprint density at radius 2 is 1.89 bits per heavy atom. The number of nitrogens with two attached hydrogens (primary N) is 1. The Bertz CT molecular complexity index is 1340. The highest BCUT2D eigenvalue weighted by Gasteiger charge is 2.68. The quantitative estimate of drug-likeness (QED) is 0.214. The SMILES string of the molecule is CCN(CC)c1ccc(C(=O)O)c(Oc2cnc3[nH]ccc3c2)c1.NCC1=C(C23CC(Cl)(C2)C3)CCCC1. The lowest BCUT2D eigenvalue weighted by Gasteiger charge is -2.69. The lowest BCUT2D eigenvalue weighted by Crippen LogP contribution is -2.64. The minimum atomic E-state index is -1.02. The minimum absolute atomic E-state index is 0.125. The number of nitrogens with zero attached hydrogens (tertiary/aromatic N) is 2. The molecule has 0 unspecified atom stereocenters. The van der Waals surface area contributed by atoms with E-state index in [0.29, 0.717) is 16.9 Å². The van der Waals surface area contributed by atoms with Crippen molar-refractivity contribution in [2.75, 3.05) is 24.5 Å². The number of pyridine rings is 1. The number of fused-ring (bicyclic) bond motifs is 1. The van der Waals surface area contributed by atoms with Crippen LogP contribution in [0.3, 0.4) is 0 Å². The first-order valence-corrected chi connectivity index (χ1v) is 14.0. The van der Waals surface area contributed by atoms with Crippen LogP contribution in [-0.2, 0) is 0 Å². The van der Waals surface area contributed by atoms with Crippen molar-refractivity contribution in [3.63, 3.8) is 0 Å². The first-order valence-electron chi connectivity index (χ1n) is 13.6. The number of ether oxygens (including phenoxy) is 1. The van der Waals surface area contributed by atoms with Crippen molar-refractivity contribution in [1.29, 1.82) is 0 Å². The third-order valence-electron chi connectivity index (χ3n) is 8.36. The lowest BCUT2D eigenvalue weighted by atomic mass is 9.40. The summed E-state index contributed by atoms with van der Waals surface area (Å²) in [6.45, 7) is 6.56. The van der Waals surface area contributed by atoms with E-state index in [2.05, 4.69) is 28.7 Å². The van der Waals surface area contributed by atoms with Crippen LogP contribution < -0.4 is 15.4 Å².